The minimum Gasteiger partial charge on any atom is -0.595 e. The first-order valence-electron chi connectivity index (χ1n) is 8.23. The molecule has 3 rings (SSSR count). The van der Waals surface area contributed by atoms with Crippen molar-refractivity contribution in [1.29, 1.82) is 0 Å². The molecule has 6 heteroatoms. The molecule has 1 unspecified atom stereocenters. The Balaban J connectivity index is 1.66. The van der Waals surface area contributed by atoms with Gasteiger partial charge < -0.3 is 9.94 Å². The van der Waals surface area contributed by atoms with Crippen molar-refractivity contribution in [2.45, 2.75) is 33.6 Å². The topological polar surface area (TPSA) is 91.1 Å². The van der Waals surface area contributed by atoms with Gasteiger partial charge in [-0.2, -0.15) is 5.23 Å². The van der Waals surface area contributed by atoms with Crippen LogP contribution in [0.3, 0.4) is 0 Å². The summed E-state index contributed by atoms with van der Waals surface area (Å²) in [5.41, 5.74) is 0.0212. The van der Waals surface area contributed by atoms with Crippen LogP contribution in [-0.4, -0.2) is 23.6 Å². The number of esters is 1. The smallest absolute Gasteiger partial charge is 0.338 e. The van der Waals surface area contributed by atoms with Crippen LogP contribution >= 0.6 is 0 Å². The molecule has 24 heavy (non-hydrogen) atoms. The van der Waals surface area contributed by atoms with Crippen LogP contribution in [0.5, 0.6) is 0 Å². The molecule has 0 radical (unpaired) electrons. The molecule has 1 aromatic carbocycles. The third-order valence-electron chi connectivity index (χ3n) is 6.43. The lowest BCUT2D eigenvalue weighted by atomic mass is 9.70. The quantitative estimate of drug-likeness (QED) is 0.648. The second-order valence-electron chi connectivity index (χ2n) is 7.65. The maximum Gasteiger partial charge on any atom is 0.338 e. The Labute approximate surface area is 140 Å². The zero-order valence-corrected chi connectivity index (χ0v) is 14.2. The van der Waals surface area contributed by atoms with Crippen LogP contribution < -0.4 is 5.23 Å². The molecule has 6 nitrogen and oxygen atoms in total. The minimum atomic E-state index is -1.04. The molecule has 0 heterocycles. The van der Waals surface area contributed by atoms with Gasteiger partial charge >= 0.3 is 5.97 Å². The highest BCUT2D eigenvalue weighted by Crippen LogP contribution is 2.65. The van der Waals surface area contributed by atoms with Gasteiger partial charge in [0.15, 0.2) is 5.69 Å². The number of ketones is 1. The SMILES string of the molecule is CC1(C)[C@@H]2CC[C@@]1(C)C(=O)[C@@H]2COC(=O)c1ccc([NH+]([O-])O)cc1. The first-order chi connectivity index (χ1) is 11.2. The van der Waals surface area contributed by atoms with E-state index < -0.39 is 11.2 Å². The van der Waals surface area contributed by atoms with E-state index in [1.165, 1.54) is 24.3 Å². The van der Waals surface area contributed by atoms with Crippen molar-refractivity contribution in [3.8, 4) is 0 Å². The maximum absolute atomic E-state index is 12.7. The van der Waals surface area contributed by atoms with E-state index in [0.717, 1.165) is 12.8 Å². The predicted octanol–water partition coefficient (Wildman–Crippen LogP) is 1.89. The van der Waals surface area contributed by atoms with E-state index in [1.54, 1.807) is 0 Å². The second kappa shape index (κ2) is 5.65. The van der Waals surface area contributed by atoms with Crippen LogP contribution in [0.2, 0.25) is 0 Å². The largest absolute Gasteiger partial charge is 0.595 e. The van der Waals surface area contributed by atoms with E-state index >= 15 is 0 Å². The fourth-order valence-corrected chi connectivity index (χ4v) is 4.46. The number of benzene rings is 1. The first kappa shape index (κ1) is 17.1. The fourth-order valence-electron chi connectivity index (χ4n) is 4.46. The molecule has 0 amide bonds. The summed E-state index contributed by atoms with van der Waals surface area (Å²) in [6.07, 6.45) is 1.90. The Bertz CT molecular complexity index is 666. The monoisotopic (exact) mass is 333 g/mol. The van der Waals surface area contributed by atoms with E-state index in [1.807, 2.05) is 6.92 Å². The average molecular weight is 333 g/mol. The molecule has 2 aliphatic rings. The van der Waals surface area contributed by atoms with Crippen molar-refractivity contribution in [1.82, 2.24) is 0 Å². The lowest BCUT2D eigenvalue weighted by Crippen LogP contribution is -2.99. The first-order valence-corrected chi connectivity index (χ1v) is 8.23. The Morgan fingerprint density at radius 1 is 1.33 bits per heavy atom. The highest BCUT2D eigenvalue weighted by atomic mass is 16.8. The van der Waals surface area contributed by atoms with Crippen LogP contribution in [0.4, 0.5) is 5.69 Å². The van der Waals surface area contributed by atoms with E-state index in [-0.39, 0.29) is 40.7 Å². The van der Waals surface area contributed by atoms with Gasteiger partial charge in [-0.15, -0.1) is 0 Å². The van der Waals surface area contributed by atoms with Crippen LogP contribution in [0.25, 0.3) is 0 Å². The number of ether oxygens (including phenoxy) is 1. The van der Waals surface area contributed by atoms with E-state index in [4.69, 9.17) is 9.94 Å². The van der Waals surface area contributed by atoms with E-state index in [0.29, 0.717) is 5.56 Å². The maximum atomic E-state index is 12.7. The van der Waals surface area contributed by atoms with Crippen LogP contribution in [0.15, 0.2) is 24.3 Å². The third-order valence-corrected chi connectivity index (χ3v) is 6.43. The minimum absolute atomic E-state index is 0.0652. The van der Waals surface area contributed by atoms with E-state index in [9.17, 15) is 14.8 Å². The van der Waals surface area contributed by atoms with E-state index in [2.05, 4.69) is 13.8 Å². The van der Waals surface area contributed by atoms with Gasteiger partial charge in [0.25, 0.3) is 0 Å². The van der Waals surface area contributed by atoms with Gasteiger partial charge in [-0.1, -0.05) is 20.8 Å². The van der Waals surface area contributed by atoms with Gasteiger partial charge in [0, 0.05) is 17.5 Å². The number of carbonyl (C=O) groups is 2. The third kappa shape index (κ3) is 2.37. The number of hydrogen-bond acceptors (Lipinski definition) is 5. The number of quaternary nitrogens is 1. The highest BCUT2D eigenvalue weighted by Gasteiger charge is 2.66. The van der Waals surface area contributed by atoms with Gasteiger partial charge in [0.1, 0.15) is 12.4 Å². The molecule has 2 N–H and O–H groups in total. The summed E-state index contributed by atoms with van der Waals surface area (Å²) in [6.45, 7) is 6.40. The Kier molecular flexibility index (Phi) is 4.02. The fraction of sp³-hybridized carbons (Fsp3) is 0.556. The molecule has 0 aliphatic heterocycles. The molecule has 2 fully saturated rings. The Morgan fingerprint density at radius 2 is 1.96 bits per heavy atom. The molecule has 130 valence electrons. The lowest BCUT2D eigenvalue weighted by Gasteiger charge is -2.32. The van der Waals surface area contributed by atoms with Gasteiger partial charge in [-0.3, -0.25) is 4.79 Å². The van der Waals surface area contributed by atoms with Crippen molar-refractivity contribution in [3.05, 3.63) is 35.0 Å². The summed E-state index contributed by atoms with van der Waals surface area (Å²) < 4.78 is 5.37. The number of hydrogen-bond donors (Lipinski definition) is 2. The normalized spacial score (nSPS) is 32.0. The molecule has 0 saturated heterocycles. The Morgan fingerprint density at radius 3 is 2.46 bits per heavy atom. The number of rotatable bonds is 4. The Hall–Kier alpha value is -1.76. The van der Waals surface area contributed by atoms with Crippen molar-refractivity contribution in [3.63, 3.8) is 0 Å². The number of fused-ring (bicyclic) bond motifs is 2. The van der Waals surface area contributed by atoms with Gasteiger partial charge in [0.05, 0.1) is 11.5 Å². The molecule has 2 saturated carbocycles. The zero-order chi connectivity index (χ0) is 17.7. The summed E-state index contributed by atoms with van der Waals surface area (Å²) in [7, 11) is 0. The summed E-state index contributed by atoms with van der Waals surface area (Å²) in [6, 6.07) is 5.59. The van der Waals surface area contributed by atoms with Gasteiger partial charge in [-0.25, -0.2) is 10.0 Å². The number of Topliss-reactive ketones (excluding diaryl/α,β-unsaturated/α-hetero) is 1. The molecule has 0 aromatic heterocycles. The molecule has 4 atom stereocenters. The second-order valence-corrected chi connectivity index (χ2v) is 7.65. The standard InChI is InChI=1S/C18H23NO5/c1-17(2)14-8-9-18(17,3)15(20)13(14)10-24-16(21)11-4-6-12(7-5-11)19(22)23/h4-7,13-14,19,22H,8-10H2,1-3H3/t13-,14-,18+/m1/s1. The average Bonchev–Trinajstić information content (AvgIpc) is 2.85. The lowest BCUT2D eigenvalue weighted by molar-refractivity contribution is -0.991. The van der Waals surface area contributed by atoms with Gasteiger partial charge in [0.2, 0.25) is 0 Å². The molecular weight excluding hydrogens is 310 g/mol. The molecule has 2 bridgehead atoms. The number of carbonyl (C=O) groups excluding carboxylic acids is 2. The summed E-state index contributed by atoms with van der Waals surface area (Å²) in [4.78, 5) is 24.9. The predicted molar refractivity (Wildman–Crippen MR) is 85.6 cm³/mol. The van der Waals surface area contributed by atoms with Crippen LogP contribution in [0, 0.1) is 27.9 Å². The van der Waals surface area contributed by atoms with Crippen molar-refractivity contribution >= 4 is 17.4 Å². The molecule has 2 aliphatic carbocycles. The summed E-state index contributed by atoms with van der Waals surface area (Å²) in [5, 5.41) is 18.7. The summed E-state index contributed by atoms with van der Waals surface area (Å²) >= 11 is 0. The van der Waals surface area contributed by atoms with Gasteiger partial charge in [-0.05, 0) is 36.3 Å². The van der Waals surface area contributed by atoms with Crippen LogP contribution in [-0.2, 0) is 9.53 Å². The highest BCUT2D eigenvalue weighted by molar-refractivity contribution is 5.93. The molecular formula is C18H23NO5. The zero-order valence-electron chi connectivity index (χ0n) is 14.2. The molecule has 0 spiro atoms. The summed E-state index contributed by atoms with van der Waals surface area (Å²) in [5.74, 6) is -0.304. The van der Waals surface area contributed by atoms with Crippen molar-refractivity contribution in [2.75, 3.05) is 6.61 Å². The molecule has 1 aromatic rings. The number of nitrogens with one attached hydrogen (secondary N) is 1. The van der Waals surface area contributed by atoms with Crippen molar-refractivity contribution in [2.24, 2.45) is 22.7 Å². The van der Waals surface area contributed by atoms with Crippen LogP contribution in [0.1, 0.15) is 44.0 Å². The van der Waals surface area contributed by atoms with Crippen molar-refractivity contribution < 1.29 is 24.8 Å².